The standard InChI is InChI=1S/C14H17N3O2/c1-2-19-10-12-6-4-3-5-11(12)7-15-14(18)13-8-16-17-9-13/h3-6,8-9H,2,7,10H2,1H3,(H,15,18)(H,16,17). The number of rotatable bonds is 6. The van der Waals surface area contributed by atoms with Crippen LogP contribution in [0.2, 0.25) is 0 Å². The van der Waals surface area contributed by atoms with Crippen molar-refractivity contribution >= 4 is 5.91 Å². The topological polar surface area (TPSA) is 67.0 Å². The summed E-state index contributed by atoms with van der Waals surface area (Å²) in [6.07, 6.45) is 3.07. The van der Waals surface area contributed by atoms with Gasteiger partial charge in [0.25, 0.3) is 5.91 Å². The van der Waals surface area contributed by atoms with E-state index in [9.17, 15) is 4.79 Å². The van der Waals surface area contributed by atoms with Crippen molar-refractivity contribution in [2.24, 2.45) is 0 Å². The maximum absolute atomic E-state index is 11.8. The average molecular weight is 259 g/mol. The second kappa shape index (κ2) is 6.70. The van der Waals surface area contributed by atoms with Gasteiger partial charge in [-0.1, -0.05) is 24.3 Å². The molecule has 19 heavy (non-hydrogen) atoms. The van der Waals surface area contributed by atoms with Gasteiger partial charge in [0.2, 0.25) is 0 Å². The molecule has 5 heteroatoms. The molecule has 0 unspecified atom stereocenters. The van der Waals surface area contributed by atoms with Crippen molar-refractivity contribution in [2.45, 2.75) is 20.1 Å². The van der Waals surface area contributed by atoms with E-state index in [1.54, 1.807) is 6.20 Å². The highest BCUT2D eigenvalue weighted by Crippen LogP contribution is 2.10. The number of benzene rings is 1. The zero-order valence-electron chi connectivity index (χ0n) is 10.8. The quantitative estimate of drug-likeness (QED) is 0.832. The number of hydrogen-bond donors (Lipinski definition) is 2. The number of amides is 1. The molecule has 2 N–H and O–H groups in total. The summed E-state index contributed by atoms with van der Waals surface area (Å²) in [5.41, 5.74) is 2.69. The number of ether oxygens (including phenoxy) is 1. The molecule has 1 amide bonds. The maximum Gasteiger partial charge on any atom is 0.254 e. The fraction of sp³-hybridized carbons (Fsp3) is 0.286. The fourth-order valence-electron chi connectivity index (χ4n) is 1.74. The van der Waals surface area contributed by atoms with Crippen molar-refractivity contribution in [1.29, 1.82) is 0 Å². The Morgan fingerprint density at radius 1 is 1.37 bits per heavy atom. The van der Waals surface area contributed by atoms with Gasteiger partial charge in [-0.25, -0.2) is 0 Å². The third-order valence-corrected chi connectivity index (χ3v) is 2.78. The molecule has 0 bridgehead atoms. The van der Waals surface area contributed by atoms with Crippen LogP contribution in [-0.2, 0) is 17.9 Å². The molecule has 0 aliphatic carbocycles. The van der Waals surface area contributed by atoms with Crippen LogP contribution in [0.4, 0.5) is 0 Å². The van der Waals surface area contributed by atoms with Gasteiger partial charge < -0.3 is 10.1 Å². The number of H-pyrrole nitrogens is 1. The highest BCUT2D eigenvalue weighted by molar-refractivity contribution is 5.93. The van der Waals surface area contributed by atoms with Crippen molar-refractivity contribution in [3.05, 3.63) is 53.3 Å². The smallest absolute Gasteiger partial charge is 0.254 e. The second-order valence-corrected chi connectivity index (χ2v) is 4.08. The average Bonchev–Trinajstić information content (AvgIpc) is 2.97. The molecule has 0 radical (unpaired) electrons. The predicted octanol–water partition coefficient (Wildman–Crippen LogP) is 1.88. The lowest BCUT2D eigenvalue weighted by Crippen LogP contribution is -2.23. The Morgan fingerprint density at radius 3 is 2.84 bits per heavy atom. The van der Waals surface area contributed by atoms with Gasteiger partial charge >= 0.3 is 0 Å². The maximum atomic E-state index is 11.8. The molecule has 1 aromatic heterocycles. The molecular weight excluding hydrogens is 242 g/mol. The molecule has 0 aliphatic heterocycles. The Bertz CT molecular complexity index is 523. The summed E-state index contributed by atoms with van der Waals surface area (Å²) in [5.74, 6) is -0.139. The first-order chi connectivity index (χ1) is 9.31. The Hall–Kier alpha value is -2.14. The second-order valence-electron chi connectivity index (χ2n) is 4.08. The van der Waals surface area contributed by atoms with Crippen LogP contribution in [0.15, 0.2) is 36.7 Å². The number of carbonyl (C=O) groups excluding carboxylic acids is 1. The van der Waals surface area contributed by atoms with Gasteiger partial charge in [-0.15, -0.1) is 0 Å². The Kier molecular flexibility index (Phi) is 4.69. The van der Waals surface area contributed by atoms with Crippen molar-refractivity contribution in [3.63, 3.8) is 0 Å². The van der Waals surface area contributed by atoms with Crippen LogP contribution >= 0.6 is 0 Å². The molecule has 1 heterocycles. The minimum absolute atomic E-state index is 0.139. The zero-order valence-corrected chi connectivity index (χ0v) is 10.8. The van der Waals surface area contributed by atoms with Gasteiger partial charge in [-0.2, -0.15) is 5.10 Å². The van der Waals surface area contributed by atoms with E-state index >= 15 is 0 Å². The van der Waals surface area contributed by atoms with Crippen molar-refractivity contribution < 1.29 is 9.53 Å². The van der Waals surface area contributed by atoms with Crippen LogP contribution in [-0.4, -0.2) is 22.7 Å². The lowest BCUT2D eigenvalue weighted by atomic mass is 10.1. The third-order valence-electron chi connectivity index (χ3n) is 2.78. The first kappa shape index (κ1) is 13.3. The molecule has 5 nitrogen and oxygen atoms in total. The molecule has 0 saturated heterocycles. The number of aromatic amines is 1. The van der Waals surface area contributed by atoms with E-state index in [0.717, 1.165) is 11.1 Å². The van der Waals surface area contributed by atoms with Crippen molar-refractivity contribution in [1.82, 2.24) is 15.5 Å². The number of carbonyl (C=O) groups is 1. The molecule has 0 saturated carbocycles. The first-order valence-electron chi connectivity index (χ1n) is 6.22. The molecule has 0 aliphatic rings. The molecule has 2 rings (SSSR count). The largest absolute Gasteiger partial charge is 0.377 e. The number of hydrogen-bond acceptors (Lipinski definition) is 3. The van der Waals surface area contributed by atoms with E-state index in [-0.39, 0.29) is 5.91 Å². The minimum Gasteiger partial charge on any atom is -0.377 e. The summed E-state index contributed by atoms with van der Waals surface area (Å²) in [6.45, 7) is 3.68. The van der Waals surface area contributed by atoms with E-state index in [0.29, 0.717) is 25.3 Å². The van der Waals surface area contributed by atoms with Crippen LogP contribution in [0.5, 0.6) is 0 Å². The summed E-state index contributed by atoms with van der Waals surface area (Å²) in [6, 6.07) is 7.92. The van der Waals surface area contributed by atoms with Crippen molar-refractivity contribution in [2.75, 3.05) is 6.61 Å². The number of nitrogens with zero attached hydrogens (tertiary/aromatic N) is 1. The molecule has 1 aromatic carbocycles. The summed E-state index contributed by atoms with van der Waals surface area (Å²) in [4.78, 5) is 11.8. The Morgan fingerprint density at radius 2 is 2.16 bits per heavy atom. The SMILES string of the molecule is CCOCc1ccccc1CNC(=O)c1cn[nH]c1. The van der Waals surface area contributed by atoms with Gasteiger partial charge in [0.1, 0.15) is 0 Å². The normalized spacial score (nSPS) is 10.4. The highest BCUT2D eigenvalue weighted by atomic mass is 16.5. The van der Waals surface area contributed by atoms with E-state index in [4.69, 9.17) is 4.74 Å². The van der Waals surface area contributed by atoms with Gasteiger partial charge in [0.15, 0.2) is 0 Å². The molecule has 0 spiro atoms. The van der Waals surface area contributed by atoms with E-state index in [1.807, 2.05) is 31.2 Å². The van der Waals surface area contributed by atoms with E-state index in [2.05, 4.69) is 15.5 Å². The van der Waals surface area contributed by atoms with Crippen LogP contribution in [0, 0.1) is 0 Å². The fourth-order valence-corrected chi connectivity index (χ4v) is 1.74. The molecule has 0 fully saturated rings. The monoisotopic (exact) mass is 259 g/mol. The Labute approximate surface area is 112 Å². The third kappa shape index (κ3) is 3.66. The minimum atomic E-state index is -0.139. The van der Waals surface area contributed by atoms with Gasteiger partial charge in [0, 0.05) is 19.3 Å². The lowest BCUT2D eigenvalue weighted by Gasteiger charge is -2.10. The molecule has 0 atom stereocenters. The van der Waals surface area contributed by atoms with Crippen molar-refractivity contribution in [3.8, 4) is 0 Å². The Balaban J connectivity index is 1.97. The van der Waals surface area contributed by atoms with Crippen LogP contribution in [0.25, 0.3) is 0 Å². The van der Waals surface area contributed by atoms with Crippen LogP contribution in [0.3, 0.4) is 0 Å². The molecular formula is C14H17N3O2. The molecule has 2 aromatic rings. The predicted molar refractivity (Wildman–Crippen MR) is 71.5 cm³/mol. The summed E-state index contributed by atoms with van der Waals surface area (Å²) in [7, 11) is 0. The number of aromatic nitrogens is 2. The summed E-state index contributed by atoms with van der Waals surface area (Å²) in [5, 5.41) is 9.23. The molecule has 100 valence electrons. The van der Waals surface area contributed by atoms with Gasteiger partial charge in [0.05, 0.1) is 18.4 Å². The van der Waals surface area contributed by atoms with Gasteiger partial charge in [-0.3, -0.25) is 9.89 Å². The summed E-state index contributed by atoms with van der Waals surface area (Å²) < 4.78 is 5.41. The van der Waals surface area contributed by atoms with Crippen LogP contribution in [0.1, 0.15) is 28.4 Å². The lowest BCUT2D eigenvalue weighted by molar-refractivity contribution is 0.0950. The summed E-state index contributed by atoms with van der Waals surface area (Å²) >= 11 is 0. The number of nitrogens with one attached hydrogen (secondary N) is 2. The van der Waals surface area contributed by atoms with E-state index < -0.39 is 0 Å². The first-order valence-corrected chi connectivity index (χ1v) is 6.22. The van der Waals surface area contributed by atoms with E-state index in [1.165, 1.54) is 6.20 Å². The zero-order chi connectivity index (χ0) is 13.5. The highest BCUT2D eigenvalue weighted by Gasteiger charge is 2.07. The van der Waals surface area contributed by atoms with Gasteiger partial charge in [-0.05, 0) is 18.1 Å². The van der Waals surface area contributed by atoms with Crippen LogP contribution < -0.4 is 5.32 Å².